The number of aromatic nitrogens is 1. The Morgan fingerprint density at radius 3 is 2.93 bits per heavy atom. The van der Waals surface area contributed by atoms with Crippen molar-refractivity contribution in [3.8, 4) is 6.07 Å². The smallest absolute Gasteiger partial charge is 0.332 e. The number of carbonyl (C=O) groups is 3. The number of nitrogens with zero attached hydrogens (tertiary/aromatic N) is 5. The van der Waals surface area contributed by atoms with Gasteiger partial charge in [0.05, 0.1) is 28.9 Å². The SMILES string of the molecule is COCC(=O)N1CC2CC1[C@@H]1C(=O)N(c3ccc(C#N)c4ncccc34)C(=O)N21. The van der Waals surface area contributed by atoms with Gasteiger partial charge >= 0.3 is 6.03 Å². The van der Waals surface area contributed by atoms with Crippen molar-refractivity contribution in [1.29, 1.82) is 5.26 Å². The molecule has 3 fully saturated rings. The predicted molar refractivity (Wildman–Crippen MR) is 101 cm³/mol. The highest BCUT2D eigenvalue weighted by Crippen LogP contribution is 2.43. The van der Waals surface area contributed by atoms with Crippen LogP contribution in [0.2, 0.25) is 0 Å². The maximum atomic E-state index is 13.3. The van der Waals surface area contributed by atoms with Crippen LogP contribution in [0.1, 0.15) is 12.0 Å². The second-order valence-electron chi connectivity index (χ2n) is 7.39. The molecule has 5 rings (SSSR count). The van der Waals surface area contributed by atoms with Crippen LogP contribution in [-0.2, 0) is 14.3 Å². The Labute approximate surface area is 166 Å². The van der Waals surface area contributed by atoms with Crippen LogP contribution < -0.4 is 4.90 Å². The van der Waals surface area contributed by atoms with Crippen LogP contribution in [0, 0.1) is 11.3 Å². The number of rotatable bonds is 3. The van der Waals surface area contributed by atoms with Crippen LogP contribution >= 0.6 is 0 Å². The van der Waals surface area contributed by atoms with Gasteiger partial charge in [-0.1, -0.05) is 0 Å². The predicted octanol–water partition coefficient (Wildman–Crippen LogP) is 0.873. The van der Waals surface area contributed by atoms with Crippen LogP contribution in [0.25, 0.3) is 10.9 Å². The van der Waals surface area contributed by atoms with Gasteiger partial charge in [0.1, 0.15) is 18.7 Å². The number of nitriles is 1. The standard InChI is InChI=1S/C20H17N5O4/c1-29-10-16(26)23-9-12-7-15(23)18-19(27)25(20(28)24(12)18)14-5-4-11(8-21)17-13(14)3-2-6-22-17/h2-6,12,15,18H,7,9-10H2,1H3/t12?,15?,18-/m1/s1. The minimum absolute atomic E-state index is 0.0479. The molecule has 3 aliphatic heterocycles. The summed E-state index contributed by atoms with van der Waals surface area (Å²) in [6.07, 6.45) is 2.17. The number of piperazine rings is 1. The van der Waals surface area contributed by atoms with E-state index in [0.717, 1.165) is 0 Å². The van der Waals surface area contributed by atoms with Crippen LogP contribution in [-0.4, -0.2) is 71.0 Å². The molecule has 3 atom stereocenters. The van der Waals surface area contributed by atoms with E-state index in [1.54, 1.807) is 40.3 Å². The maximum absolute atomic E-state index is 13.3. The van der Waals surface area contributed by atoms with Gasteiger partial charge in [0.15, 0.2) is 0 Å². The largest absolute Gasteiger partial charge is 0.375 e. The number of ether oxygens (including phenoxy) is 1. The number of pyridine rings is 1. The molecule has 9 nitrogen and oxygen atoms in total. The second kappa shape index (κ2) is 6.25. The lowest BCUT2D eigenvalue weighted by molar-refractivity contribution is -0.139. The number of methoxy groups -OCH3 is 1. The lowest BCUT2D eigenvalue weighted by atomic mass is 10.1. The molecule has 4 amide bonds. The Morgan fingerprint density at radius 2 is 2.17 bits per heavy atom. The third-order valence-corrected chi connectivity index (χ3v) is 5.96. The molecule has 1 aromatic carbocycles. The molecule has 0 saturated carbocycles. The third-order valence-electron chi connectivity index (χ3n) is 5.96. The van der Waals surface area contributed by atoms with Crippen molar-refractivity contribution in [1.82, 2.24) is 14.8 Å². The highest BCUT2D eigenvalue weighted by molar-refractivity contribution is 6.25. The number of fused-ring (bicyclic) bond motifs is 6. The first-order valence-electron chi connectivity index (χ1n) is 9.29. The Balaban J connectivity index is 1.55. The molecule has 0 radical (unpaired) electrons. The van der Waals surface area contributed by atoms with Crippen LogP contribution in [0.4, 0.5) is 10.5 Å². The van der Waals surface area contributed by atoms with E-state index in [4.69, 9.17) is 4.74 Å². The normalized spacial score (nSPS) is 25.1. The fourth-order valence-electron chi connectivity index (χ4n) is 4.81. The van der Waals surface area contributed by atoms with Gasteiger partial charge in [-0.3, -0.25) is 14.6 Å². The number of amides is 4. The molecule has 2 aromatic rings. The topological polar surface area (TPSA) is 107 Å². The molecular weight excluding hydrogens is 374 g/mol. The Morgan fingerprint density at radius 1 is 1.34 bits per heavy atom. The quantitative estimate of drug-likeness (QED) is 0.719. The highest BCUT2D eigenvalue weighted by Gasteiger charge is 2.62. The zero-order valence-corrected chi connectivity index (χ0v) is 15.6. The fraction of sp³-hybridized carbons (Fsp3) is 0.350. The zero-order chi connectivity index (χ0) is 20.3. The molecular formula is C20H17N5O4. The van der Waals surface area contributed by atoms with Gasteiger partial charge in [0.25, 0.3) is 5.91 Å². The summed E-state index contributed by atoms with van der Waals surface area (Å²) >= 11 is 0. The monoisotopic (exact) mass is 391 g/mol. The van der Waals surface area contributed by atoms with E-state index < -0.39 is 6.04 Å². The van der Waals surface area contributed by atoms with Crippen molar-refractivity contribution in [3.63, 3.8) is 0 Å². The molecule has 0 N–H and O–H groups in total. The zero-order valence-electron chi connectivity index (χ0n) is 15.6. The average molecular weight is 391 g/mol. The average Bonchev–Trinajstić information content (AvgIpc) is 3.39. The molecule has 4 heterocycles. The molecule has 3 saturated heterocycles. The molecule has 9 heteroatoms. The van der Waals surface area contributed by atoms with Crippen molar-refractivity contribution in [2.45, 2.75) is 24.5 Å². The summed E-state index contributed by atoms with van der Waals surface area (Å²) < 4.78 is 4.94. The Bertz CT molecular complexity index is 1110. The molecule has 2 bridgehead atoms. The first-order chi connectivity index (χ1) is 14.1. The van der Waals surface area contributed by atoms with E-state index in [1.807, 2.05) is 0 Å². The number of hydrogen-bond donors (Lipinski definition) is 0. The number of hydrogen-bond acceptors (Lipinski definition) is 6. The third kappa shape index (κ3) is 2.29. The molecule has 146 valence electrons. The van der Waals surface area contributed by atoms with E-state index in [-0.39, 0.29) is 36.5 Å². The molecule has 3 aliphatic rings. The summed E-state index contributed by atoms with van der Waals surface area (Å²) in [4.78, 5) is 47.5. The summed E-state index contributed by atoms with van der Waals surface area (Å²) in [6.45, 7) is 0.361. The van der Waals surface area contributed by atoms with Gasteiger partial charge in [0, 0.05) is 25.2 Å². The number of imide groups is 1. The molecule has 2 unspecified atom stereocenters. The number of benzene rings is 1. The van der Waals surface area contributed by atoms with Crippen molar-refractivity contribution < 1.29 is 19.1 Å². The molecule has 0 spiro atoms. The first-order valence-corrected chi connectivity index (χ1v) is 9.29. The second-order valence-corrected chi connectivity index (χ2v) is 7.39. The lowest BCUT2D eigenvalue weighted by Crippen LogP contribution is -2.55. The maximum Gasteiger partial charge on any atom is 0.332 e. The summed E-state index contributed by atoms with van der Waals surface area (Å²) in [5.74, 6) is -0.529. The number of likely N-dealkylation sites (tertiary alicyclic amines) is 1. The minimum Gasteiger partial charge on any atom is -0.375 e. The number of carbonyl (C=O) groups excluding carboxylic acids is 3. The molecule has 0 aliphatic carbocycles. The lowest BCUT2D eigenvalue weighted by Gasteiger charge is -2.34. The number of urea groups is 1. The van der Waals surface area contributed by atoms with Crippen molar-refractivity contribution >= 4 is 34.4 Å². The number of anilines is 1. The van der Waals surface area contributed by atoms with Gasteiger partial charge in [0.2, 0.25) is 5.91 Å². The Kier molecular flexibility index (Phi) is 3.79. The van der Waals surface area contributed by atoms with E-state index >= 15 is 0 Å². The summed E-state index contributed by atoms with van der Waals surface area (Å²) in [7, 11) is 1.45. The summed E-state index contributed by atoms with van der Waals surface area (Å²) in [5, 5.41) is 9.90. The van der Waals surface area contributed by atoms with Gasteiger partial charge in [-0.2, -0.15) is 5.26 Å². The summed E-state index contributed by atoms with van der Waals surface area (Å²) in [6, 6.07) is 7.10. The van der Waals surface area contributed by atoms with Gasteiger partial charge < -0.3 is 14.5 Å². The van der Waals surface area contributed by atoms with E-state index in [0.29, 0.717) is 35.1 Å². The first kappa shape index (κ1) is 17.6. The molecule has 1 aromatic heterocycles. The molecule has 29 heavy (non-hydrogen) atoms. The van der Waals surface area contributed by atoms with Crippen molar-refractivity contribution in [2.24, 2.45) is 0 Å². The van der Waals surface area contributed by atoms with Gasteiger partial charge in [-0.15, -0.1) is 0 Å². The highest BCUT2D eigenvalue weighted by atomic mass is 16.5. The summed E-state index contributed by atoms with van der Waals surface area (Å²) in [5.41, 5.74) is 1.23. The fourth-order valence-corrected chi connectivity index (χ4v) is 4.81. The van der Waals surface area contributed by atoms with Gasteiger partial charge in [-0.05, 0) is 30.7 Å². The van der Waals surface area contributed by atoms with Crippen LogP contribution in [0.15, 0.2) is 30.5 Å². The van der Waals surface area contributed by atoms with Crippen molar-refractivity contribution in [2.75, 3.05) is 25.2 Å². The van der Waals surface area contributed by atoms with E-state index in [9.17, 15) is 19.6 Å². The Hall–Kier alpha value is -3.51. The van der Waals surface area contributed by atoms with Crippen LogP contribution in [0.5, 0.6) is 0 Å². The van der Waals surface area contributed by atoms with E-state index in [2.05, 4.69) is 11.1 Å². The van der Waals surface area contributed by atoms with Crippen LogP contribution in [0.3, 0.4) is 0 Å². The van der Waals surface area contributed by atoms with Crippen molar-refractivity contribution in [3.05, 3.63) is 36.0 Å². The minimum atomic E-state index is -0.690. The van der Waals surface area contributed by atoms with E-state index in [1.165, 1.54) is 12.0 Å². The van der Waals surface area contributed by atoms with Gasteiger partial charge in [-0.25, -0.2) is 9.69 Å².